The van der Waals surface area contributed by atoms with Crippen LogP contribution in [-0.4, -0.2) is 54.6 Å². The van der Waals surface area contributed by atoms with Gasteiger partial charge in [0.2, 0.25) is 0 Å². The smallest absolute Gasteiger partial charge is 0.410 e. The zero-order chi connectivity index (χ0) is 18.2. The van der Waals surface area contributed by atoms with Crippen molar-refractivity contribution in [2.24, 2.45) is 0 Å². The van der Waals surface area contributed by atoms with Crippen LogP contribution in [0.25, 0.3) is 0 Å². The molecular weight excluding hydrogens is 346 g/mol. The standard InChI is InChI=1S/C15H19N5O4S/c1-15(2,3)24-14(23)20-5-4-8-10(7-20)25-11(16-8)6-9-12(13(21)22)18-19-17-9/h4-7H2,1-3H3,(H,21,22)(H,17,18,19). The lowest BCUT2D eigenvalue weighted by atomic mass is 10.2. The predicted molar refractivity (Wildman–Crippen MR) is 88.6 cm³/mol. The average molecular weight is 365 g/mol. The highest BCUT2D eigenvalue weighted by atomic mass is 32.1. The molecule has 0 saturated heterocycles. The molecule has 1 aliphatic heterocycles. The van der Waals surface area contributed by atoms with Crippen LogP contribution in [0.5, 0.6) is 0 Å². The van der Waals surface area contributed by atoms with Gasteiger partial charge in [0.1, 0.15) is 11.3 Å². The first-order valence-electron chi connectivity index (χ1n) is 7.81. The molecule has 25 heavy (non-hydrogen) atoms. The predicted octanol–water partition coefficient (Wildman–Crippen LogP) is 1.84. The van der Waals surface area contributed by atoms with E-state index in [2.05, 4.69) is 20.4 Å². The number of H-pyrrole nitrogens is 1. The van der Waals surface area contributed by atoms with Crippen molar-refractivity contribution in [2.75, 3.05) is 6.54 Å². The van der Waals surface area contributed by atoms with Gasteiger partial charge in [-0.15, -0.1) is 16.4 Å². The van der Waals surface area contributed by atoms with E-state index in [1.165, 1.54) is 11.3 Å². The lowest BCUT2D eigenvalue weighted by Gasteiger charge is -2.29. The maximum Gasteiger partial charge on any atom is 0.410 e. The monoisotopic (exact) mass is 365 g/mol. The van der Waals surface area contributed by atoms with Crippen LogP contribution in [0.15, 0.2) is 0 Å². The summed E-state index contributed by atoms with van der Waals surface area (Å²) in [5.74, 6) is -1.12. The summed E-state index contributed by atoms with van der Waals surface area (Å²) in [5, 5.41) is 19.7. The number of carboxylic acid groups (broad SMARTS) is 1. The number of rotatable bonds is 3. The normalized spacial score (nSPS) is 14.3. The SMILES string of the molecule is CC(C)(C)OC(=O)N1CCc2nc(Cc3n[nH]nc3C(=O)O)sc2C1. The number of carbonyl (C=O) groups excluding carboxylic acids is 1. The van der Waals surface area contributed by atoms with E-state index in [1.807, 2.05) is 20.8 Å². The van der Waals surface area contributed by atoms with E-state index in [1.54, 1.807) is 4.90 Å². The molecular formula is C15H19N5O4S. The average Bonchev–Trinajstić information content (AvgIpc) is 3.10. The van der Waals surface area contributed by atoms with Gasteiger partial charge < -0.3 is 14.7 Å². The van der Waals surface area contributed by atoms with Gasteiger partial charge in [0.15, 0.2) is 5.69 Å². The first-order valence-corrected chi connectivity index (χ1v) is 8.63. The zero-order valence-corrected chi connectivity index (χ0v) is 15.0. The van der Waals surface area contributed by atoms with Crippen LogP contribution in [0.4, 0.5) is 4.79 Å². The molecule has 0 radical (unpaired) electrons. The van der Waals surface area contributed by atoms with Crippen LogP contribution in [-0.2, 0) is 24.1 Å². The van der Waals surface area contributed by atoms with Crippen LogP contribution < -0.4 is 0 Å². The first kappa shape index (κ1) is 17.3. The Bertz CT molecular complexity index is 807. The van der Waals surface area contributed by atoms with Crippen LogP contribution in [0.1, 0.15) is 52.5 Å². The minimum atomic E-state index is -1.12. The summed E-state index contributed by atoms with van der Waals surface area (Å²) in [7, 11) is 0. The number of nitrogens with zero attached hydrogens (tertiary/aromatic N) is 4. The number of fused-ring (bicyclic) bond motifs is 1. The third-order valence-corrected chi connectivity index (χ3v) is 4.65. The number of ether oxygens (including phenoxy) is 1. The summed E-state index contributed by atoms with van der Waals surface area (Å²) in [4.78, 5) is 30.5. The molecule has 0 bridgehead atoms. The molecule has 10 heteroatoms. The molecule has 2 aromatic heterocycles. The molecule has 2 N–H and O–H groups in total. The summed E-state index contributed by atoms with van der Waals surface area (Å²) in [5.41, 5.74) is 0.669. The zero-order valence-electron chi connectivity index (χ0n) is 14.2. The quantitative estimate of drug-likeness (QED) is 0.851. The van der Waals surface area contributed by atoms with E-state index in [0.717, 1.165) is 15.6 Å². The number of thiazole rings is 1. The summed E-state index contributed by atoms with van der Waals surface area (Å²) >= 11 is 1.46. The number of aromatic carboxylic acids is 1. The van der Waals surface area contributed by atoms with Crippen molar-refractivity contribution in [2.45, 2.75) is 45.8 Å². The third kappa shape index (κ3) is 3.95. The third-order valence-electron chi connectivity index (χ3n) is 3.57. The number of hydrogen-bond donors (Lipinski definition) is 2. The first-order chi connectivity index (χ1) is 11.7. The van der Waals surface area contributed by atoms with Crippen LogP contribution in [0, 0.1) is 0 Å². The topological polar surface area (TPSA) is 121 Å². The van der Waals surface area contributed by atoms with E-state index in [-0.39, 0.29) is 11.8 Å². The van der Waals surface area contributed by atoms with Crippen molar-refractivity contribution < 1.29 is 19.4 Å². The Hall–Kier alpha value is -2.49. The molecule has 0 atom stereocenters. The molecule has 0 unspecified atom stereocenters. The van der Waals surface area contributed by atoms with Crippen LogP contribution in [0.2, 0.25) is 0 Å². The van der Waals surface area contributed by atoms with Crippen molar-refractivity contribution >= 4 is 23.4 Å². The second-order valence-electron chi connectivity index (χ2n) is 6.73. The summed E-state index contributed by atoms with van der Waals surface area (Å²) < 4.78 is 5.41. The molecule has 0 spiro atoms. The number of aromatic nitrogens is 4. The van der Waals surface area contributed by atoms with Gasteiger partial charge in [-0.25, -0.2) is 14.6 Å². The maximum absolute atomic E-state index is 12.2. The van der Waals surface area contributed by atoms with Crippen molar-refractivity contribution in [3.63, 3.8) is 0 Å². The second kappa shape index (κ2) is 6.43. The minimum Gasteiger partial charge on any atom is -0.476 e. The van der Waals surface area contributed by atoms with Crippen molar-refractivity contribution in [3.8, 4) is 0 Å². The lowest BCUT2D eigenvalue weighted by Crippen LogP contribution is -2.39. The Kier molecular flexibility index (Phi) is 4.46. The number of hydrogen-bond acceptors (Lipinski definition) is 7. The summed E-state index contributed by atoms with van der Waals surface area (Å²) in [6, 6.07) is 0. The fourth-order valence-electron chi connectivity index (χ4n) is 2.50. The highest BCUT2D eigenvalue weighted by molar-refractivity contribution is 7.11. The van der Waals surface area contributed by atoms with E-state index in [9.17, 15) is 9.59 Å². The fourth-order valence-corrected chi connectivity index (χ4v) is 3.63. The number of nitrogens with one attached hydrogen (secondary N) is 1. The Labute approximate surface area is 148 Å². The Morgan fingerprint density at radius 2 is 2.12 bits per heavy atom. The van der Waals surface area contributed by atoms with Gasteiger partial charge in [-0.1, -0.05) is 0 Å². The Morgan fingerprint density at radius 1 is 1.36 bits per heavy atom. The maximum atomic E-state index is 12.2. The van der Waals surface area contributed by atoms with Gasteiger partial charge in [-0.05, 0) is 20.8 Å². The molecule has 0 aromatic carbocycles. The van der Waals surface area contributed by atoms with Crippen molar-refractivity contribution in [1.82, 2.24) is 25.3 Å². The molecule has 3 rings (SSSR count). The fraction of sp³-hybridized carbons (Fsp3) is 0.533. The largest absolute Gasteiger partial charge is 0.476 e. The van der Waals surface area contributed by atoms with Crippen LogP contribution >= 0.6 is 11.3 Å². The van der Waals surface area contributed by atoms with Gasteiger partial charge in [-0.2, -0.15) is 10.3 Å². The van der Waals surface area contributed by atoms with E-state index < -0.39 is 11.6 Å². The van der Waals surface area contributed by atoms with Crippen molar-refractivity contribution in [1.29, 1.82) is 0 Å². The number of amides is 1. The molecule has 0 fully saturated rings. The highest BCUT2D eigenvalue weighted by Gasteiger charge is 2.28. The Morgan fingerprint density at radius 3 is 2.80 bits per heavy atom. The van der Waals surface area contributed by atoms with E-state index >= 15 is 0 Å². The van der Waals surface area contributed by atoms with Crippen molar-refractivity contribution in [3.05, 3.63) is 27.0 Å². The number of carboxylic acids is 1. The molecule has 0 saturated carbocycles. The second-order valence-corrected chi connectivity index (χ2v) is 7.90. The Balaban J connectivity index is 1.72. The van der Waals surface area contributed by atoms with Gasteiger partial charge in [0.05, 0.1) is 17.2 Å². The van der Waals surface area contributed by atoms with Gasteiger partial charge in [0, 0.05) is 24.3 Å². The number of carbonyl (C=O) groups is 2. The molecule has 134 valence electrons. The van der Waals surface area contributed by atoms with Gasteiger partial charge in [-0.3, -0.25) is 0 Å². The lowest BCUT2D eigenvalue weighted by molar-refractivity contribution is 0.0225. The minimum absolute atomic E-state index is 0.0939. The molecule has 1 aliphatic rings. The molecule has 1 amide bonds. The summed E-state index contributed by atoms with van der Waals surface area (Å²) in [6.07, 6.45) is 0.607. The summed E-state index contributed by atoms with van der Waals surface area (Å²) in [6.45, 7) is 6.51. The number of aromatic amines is 1. The van der Waals surface area contributed by atoms with E-state index in [0.29, 0.717) is 31.6 Å². The molecule has 9 nitrogen and oxygen atoms in total. The van der Waals surface area contributed by atoms with E-state index in [4.69, 9.17) is 9.84 Å². The molecule has 0 aliphatic carbocycles. The highest BCUT2D eigenvalue weighted by Crippen LogP contribution is 2.27. The molecule has 2 aromatic rings. The van der Waals surface area contributed by atoms with Gasteiger partial charge >= 0.3 is 12.1 Å². The van der Waals surface area contributed by atoms with Crippen LogP contribution in [0.3, 0.4) is 0 Å². The molecule has 3 heterocycles. The van der Waals surface area contributed by atoms with Gasteiger partial charge in [0.25, 0.3) is 0 Å².